The molecule has 0 aliphatic heterocycles. The van der Waals surface area contributed by atoms with E-state index in [0.717, 1.165) is 0 Å². The summed E-state index contributed by atoms with van der Waals surface area (Å²) in [6, 6.07) is 0. The number of nitrogens with one attached hydrogen (secondary N) is 1. The van der Waals surface area contributed by atoms with Gasteiger partial charge in [0, 0.05) is 18.3 Å². The summed E-state index contributed by atoms with van der Waals surface area (Å²) < 4.78 is 32.1. The van der Waals surface area contributed by atoms with E-state index in [1.165, 1.54) is 0 Å². The minimum absolute atomic E-state index is 0.0741. The average molecular weight is 319 g/mol. The Kier molecular flexibility index (Phi) is 4.95. The lowest BCUT2D eigenvalue weighted by atomic mass is 9.70. The molecule has 0 heterocycles. The number of carbonyl (C=O) groups excluding carboxylic acids is 2. The Hall–Kier alpha value is -1.20. The van der Waals surface area contributed by atoms with Crippen LogP contribution in [0.4, 0.5) is 13.6 Å². The molecule has 0 aromatic rings. The van der Waals surface area contributed by atoms with E-state index in [1.54, 1.807) is 41.5 Å². The molecule has 6 heteroatoms. The maximum atomic E-state index is 13.5. The topological polar surface area (TPSA) is 55.4 Å². The lowest BCUT2D eigenvalue weighted by molar-refractivity contribution is -0.139. The Bertz CT molecular complexity index is 437. The maximum absolute atomic E-state index is 13.5. The Morgan fingerprint density at radius 2 is 1.41 bits per heavy atom. The highest BCUT2D eigenvalue weighted by Gasteiger charge is 2.51. The van der Waals surface area contributed by atoms with E-state index in [9.17, 15) is 18.4 Å². The molecule has 0 bridgehead atoms. The first-order chi connectivity index (χ1) is 9.67. The molecule has 4 nitrogen and oxygen atoms in total. The molecule has 0 spiro atoms. The molecule has 22 heavy (non-hydrogen) atoms. The van der Waals surface area contributed by atoms with E-state index in [2.05, 4.69) is 5.32 Å². The smallest absolute Gasteiger partial charge is 0.408 e. The molecular weight excluding hydrogens is 292 g/mol. The molecule has 128 valence electrons. The van der Waals surface area contributed by atoms with E-state index in [0.29, 0.717) is 0 Å². The molecule has 0 radical (unpaired) electrons. The molecule has 1 aliphatic carbocycles. The number of carbonyl (C=O) groups is 2. The second-order valence-corrected chi connectivity index (χ2v) is 8.14. The lowest BCUT2D eigenvalue weighted by Crippen LogP contribution is -2.61. The van der Waals surface area contributed by atoms with Crippen LogP contribution in [-0.4, -0.2) is 28.9 Å². The summed E-state index contributed by atoms with van der Waals surface area (Å²) in [6.07, 6.45) is -1.71. The predicted molar refractivity (Wildman–Crippen MR) is 80.0 cm³/mol. The van der Waals surface area contributed by atoms with E-state index in [1.807, 2.05) is 0 Å². The molecular formula is C16H27F2NO3. The summed E-state index contributed by atoms with van der Waals surface area (Å²) in [7, 11) is 0. The number of ketones is 1. The van der Waals surface area contributed by atoms with Crippen molar-refractivity contribution in [2.45, 2.75) is 84.3 Å². The van der Waals surface area contributed by atoms with Crippen molar-refractivity contribution >= 4 is 11.9 Å². The predicted octanol–water partition coefficient (Wildman–Crippen LogP) is 4.07. The van der Waals surface area contributed by atoms with Crippen molar-refractivity contribution < 1.29 is 23.1 Å². The van der Waals surface area contributed by atoms with Crippen molar-refractivity contribution in [3.63, 3.8) is 0 Å². The Labute approximate surface area is 131 Å². The van der Waals surface area contributed by atoms with Gasteiger partial charge in [0.05, 0.1) is 0 Å². The summed E-state index contributed by atoms with van der Waals surface area (Å²) in [5.74, 6) is -3.02. The lowest BCUT2D eigenvalue weighted by Gasteiger charge is -2.42. The van der Waals surface area contributed by atoms with Crippen molar-refractivity contribution in [2.75, 3.05) is 0 Å². The van der Waals surface area contributed by atoms with Crippen molar-refractivity contribution in [3.8, 4) is 0 Å². The van der Waals surface area contributed by atoms with Gasteiger partial charge in [-0.05, 0) is 33.6 Å². The summed E-state index contributed by atoms with van der Waals surface area (Å²) in [6.45, 7) is 10.3. The quantitative estimate of drug-likeness (QED) is 0.834. The van der Waals surface area contributed by atoms with Crippen molar-refractivity contribution in [3.05, 3.63) is 0 Å². The number of halogens is 2. The molecule has 0 unspecified atom stereocenters. The average Bonchev–Trinajstić information content (AvgIpc) is 2.28. The second kappa shape index (κ2) is 5.78. The summed E-state index contributed by atoms with van der Waals surface area (Å²) in [4.78, 5) is 24.8. The SMILES string of the molecule is CC(C)(C)OC(=O)NC1(C(=O)C(C)(C)C)CCC(F)(F)CC1. The zero-order valence-electron chi connectivity index (χ0n) is 14.3. The molecule has 1 rings (SSSR count). The van der Waals surface area contributed by atoms with Crippen LogP contribution in [0.3, 0.4) is 0 Å². The zero-order chi connectivity index (χ0) is 17.4. The molecule has 1 fully saturated rings. The summed E-state index contributed by atoms with van der Waals surface area (Å²) >= 11 is 0. The van der Waals surface area contributed by atoms with Crippen LogP contribution in [0.2, 0.25) is 0 Å². The number of alkyl carbamates (subject to hydrolysis) is 1. The van der Waals surface area contributed by atoms with E-state index in [-0.39, 0.29) is 18.6 Å². The van der Waals surface area contributed by atoms with Crippen LogP contribution in [-0.2, 0) is 9.53 Å². The van der Waals surface area contributed by atoms with Gasteiger partial charge in [0.1, 0.15) is 11.1 Å². The first-order valence-electron chi connectivity index (χ1n) is 7.61. The van der Waals surface area contributed by atoms with E-state index in [4.69, 9.17) is 4.74 Å². The van der Waals surface area contributed by atoms with Crippen LogP contribution in [0.1, 0.15) is 67.2 Å². The van der Waals surface area contributed by atoms with Gasteiger partial charge in [-0.15, -0.1) is 0 Å². The van der Waals surface area contributed by atoms with Crippen molar-refractivity contribution in [2.24, 2.45) is 5.41 Å². The molecule has 1 saturated carbocycles. The van der Waals surface area contributed by atoms with Gasteiger partial charge in [-0.2, -0.15) is 0 Å². The largest absolute Gasteiger partial charge is 0.444 e. The number of hydrogen-bond acceptors (Lipinski definition) is 3. The van der Waals surface area contributed by atoms with Gasteiger partial charge in [0.2, 0.25) is 5.92 Å². The second-order valence-electron chi connectivity index (χ2n) is 8.14. The minimum Gasteiger partial charge on any atom is -0.444 e. The molecule has 1 aliphatic rings. The van der Waals surface area contributed by atoms with Crippen LogP contribution >= 0.6 is 0 Å². The highest BCUT2D eigenvalue weighted by atomic mass is 19.3. The fourth-order valence-electron chi connectivity index (χ4n) is 2.67. The third-order valence-corrected chi connectivity index (χ3v) is 3.69. The number of alkyl halides is 2. The zero-order valence-corrected chi connectivity index (χ0v) is 14.3. The van der Waals surface area contributed by atoms with E-state index < -0.39 is 41.4 Å². The molecule has 0 atom stereocenters. The summed E-state index contributed by atoms with van der Waals surface area (Å²) in [5.41, 5.74) is -2.72. The fourth-order valence-corrected chi connectivity index (χ4v) is 2.67. The molecule has 0 saturated heterocycles. The third-order valence-electron chi connectivity index (χ3n) is 3.69. The van der Waals surface area contributed by atoms with Crippen LogP contribution in [0.15, 0.2) is 0 Å². The standard InChI is InChI=1S/C16H27F2NO3/c1-13(2,3)11(20)15(7-9-16(17,18)10-8-15)19-12(21)22-14(4,5)6/h7-10H2,1-6H3,(H,19,21). The van der Waals surface area contributed by atoms with Crippen molar-refractivity contribution in [1.82, 2.24) is 5.32 Å². The van der Waals surface area contributed by atoms with Crippen LogP contribution in [0.25, 0.3) is 0 Å². The van der Waals surface area contributed by atoms with Gasteiger partial charge < -0.3 is 10.1 Å². The van der Waals surface area contributed by atoms with Crippen LogP contribution in [0.5, 0.6) is 0 Å². The first kappa shape index (κ1) is 18.8. The van der Waals surface area contributed by atoms with Gasteiger partial charge >= 0.3 is 6.09 Å². The van der Waals surface area contributed by atoms with Gasteiger partial charge in [-0.25, -0.2) is 13.6 Å². The highest BCUT2D eigenvalue weighted by Crippen LogP contribution is 2.41. The molecule has 1 amide bonds. The number of amides is 1. The Balaban J connectivity index is 2.99. The monoisotopic (exact) mass is 319 g/mol. The Morgan fingerprint density at radius 1 is 0.955 bits per heavy atom. The van der Waals surface area contributed by atoms with Crippen molar-refractivity contribution in [1.29, 1.82) is 0 Å². The molecule has 1 N–H and O–H groups in total. The van der Waals surface area contributed by atoms with E-state index >= 15 is 0 Å². The Morgan fingerprint density at radius 3 is 1.77 bits per heavy atom. The van der Waals surface area contributed by atoms with Gasteiger partial charge in [0.25, 0.3) is 0 Å². The summed E-state index contributed by atoms with van der Waals surface area (Å²) in [5, 5.41) is 2.59. The fraction of sp³-hybridized carbons (Fsp3) is 0.875. The number of Topliss-reactive ketones (excluding diaryl/α,β-unsaturated/α-hetero) is 1. The van der Waals surface area contributed by atoms with Gasteiger partial charge in [-0.3, -0.25) is 4.79 Å². The number of ether oxygens (including phenoxy) is 1. The van der Waals surface area contributed by atoms with Crippen LogP contribution < -0.4 is 5.32 Å². The van der Waals surface area contributed by atoms with Gasteiger partial charge in [0.15, 0.2) is 5.78 Å². The minimum atomic E-state index is -2.78. The highest BCUT2D eigenvalue weighted by molar-refractivity contribution is 5.95. The molecule has 0 aromatic carbocycles. The maximum Gasteiger partial charge on any atom is 0.408 e. The normalized spacial score (nSPS) is 21.1. The van der Waals surface area contributed by atoms with Crippen LogP contribution in [0, 0.1) is 5.41 Å². The third kappa shape index (κ3) is 4.92. The first-order valence-corrected chi connectivity index (χ1v) is 7.61. The number of hydrogen-bond donors (Lipinski definition) is 1. The molecule has 0 aromatic heterocycles. The number of rotatable bonds is 2. The van der Waals surface area contributed by atoms with Gasteiger partial charge in [-0.1, -0.05) is 20.8 Å².